The van der Waals surface area contributed by atoms with E-state index in [1.807, 2.05) is 6.92 Å². The number of aryl methyl sites for hydroxylation is 1. The first-order chi connectivity index (χ1) is 5.95. The summed E-state index contributed by atoms with van der Waals surface area (Å²) in [5.74, 6) is 0. The molecule has 0 saturated carbocycles. The lowest BCUT2D eigenvalue weighted by Crippen LogP contribution is -2.17. The number of hydrogen-bond donors (Lipinski definition) is 1. The zero-order chi connectivity index (χ0) is 10.1. The molecule has 1 aromatic heterocycles. The van der Waals surface area contributed by atoms with Crippen LogP contribution in [0.15, 0.2) is 21.8 Å². The van der Waals surface area contributed by atoms with Gasteiger partial charge in [-0.1, -0.05) is 6.92 Å². The summed E-state index contributed by atoms with van der Waals surface area (Å²) in [5, 5.41) is 0. The van der Waals surface area contributed by atoms with Gasteiger partial charge in [0.25, 0.3) is 5.56 Å². The van der Waals surface area contributed by atoms with Crippen molar-refractivity contribution in [3.63, 3.8) is 0 Å². The van der Waals surface area contributed by atoms with E-state index in [1.165, 1.54) is 6.07 Å². The summed E-state index contributed by atoms with van der Waals surface area (Å²) in [6.45, 7) is 1.88. The fraction of sp³-hybridized carbons (Fsp3) is 0.375. The topological polar surface area (TPSA) is 67.0 Å². The zero-order valence-corrected chi connectivity index (χ0v) is 8.31. The summed E-state index contributed by atoms with van der Waals surface area (Å²) in [6, 6.07) is 2.95. The van der Waals surface area contributed by atoms with E-state index in [0.717, 1.165) is 11.9 Å². The maximum Gasteiger partial charge on any atom is 0.266 e. The lowest BCUT2D eigenvalue weighted by Gasteiger charge is -1.98. The van der Waals surface area contributed by atoms with Crippen LogP contribution in [0.3, 0.4) is 0 Å². The first-order valence-electron chi connectivity index (χ1n) is 3.87. The van der Waals surface area contributed by atoms with Crippen molar-refractivity contribution in [3.8, 4) is 0 Å². The third kappa shape index (κ3) is 2.18. The van der Waals surface area contributed by atoms with E-state index in [2.05, 4.69) is 4.98 Å². The third-order valence-corrected chi connectivity index (χ3v) is 2.83. The molecule has 1 rings (SSSR count). The van der Waals surface area contributed by atoms with Crippen LogP contribution in [0.2, 0.25) is 0 Å². The Morgan fingerprint density at radius 2 is 2.00 bits per heavy atom. The molecule has 0 spiro atoms. The number of aromatic nitrogens is 1. The smallest absolute Gasteiger partial charge is 0.266 e. The number of pyridine rings is 1. The molecule has 1 aromatic rings. The van der Waals surface area contributed by atoms with E-state index in [-0.39, 0.29) is 4.90 Å². The Morgan fingerprint density at radius 1 is 1.38 bits per heavy atom. The van der Waals surface area contributed by atoms with Crippen LogP contribution in [-0.2, 0) is 16.3 Å². The van der Waals surface area contributed by atoms with Crippen LogP contribution < -0.4 is 5.56 Å². The van der Waals surface area contributed by atoms with Gasteiger partial charge in [0.15, 0.2) is 9.84 Å². The summed E-state index contributed by atoms with van der Waals surface area (Å²) in [7, 11) is -3.40. The van der Waals surface area contributed by atoms with Crippen molar-refractivity contribution in [1.29, 1.82) is 0 Å². The normalized spacial score (nSPS) is 11.5. The number of aromatic amines is 1. The minimum atomic E-state index is -3.40. The average molecular weight is 201 g/mol. The Kier molecular flexibility index (Phi) is 2.56. The van der Waals surface area contributed by atoms with Crippen LogP contribution in [0.4, 0.5) is 0 Å². The van der Waals surface area contributed by atoms with Gasteiger partial charge in [0.1, 0.15) is 4.90 Å². The van der Waals surface area contributed by atoms with Crippen LogP contribution >= 0.6 is 0 Å². The molecule has 0 saturated heterocycles. The maximum absolute atomic E-state index is 11.2. The molecule has 0 radical (unpaired) electrons. The number of sulfone groups is 1. The molecule has 72 valence electrons. The van der Waals surface area contributed by atoms with Crippen molar-refractivity contribution in [2.24, 2.45) is 0 Å². The van der Waals surface area contributed by atoms with Crippen molar-refractivity contribution in [2.75, 3.05) is 6.26 Å². The maximum atomic E-state index is 11.2. The number of H-pyrrole nitrogens is 1. The molecule has 5 heteroatoms. The van der Waals surface area contributed by atoms with Crippen molar-refractivity contribution in [2.45, 2.75) is 18.2 Å². The fourth-order valence-corrected chi connectivity index (χ4v) is 1.70. The summed E-state index contributed by atoms with van der Waals surface area (Å²) in [4.78, 5) is 13.5. The third-order valence-electron chi connectivity index (χ3n) is 1.71. The lowest BCUT2D eigenvalue weighted by molar-refractivity contribution is 0.600. The summed E-state index contributed by atoms with van der Waals surface area (Å²) in [5.41, 5.74) is 0.194. The molecule has 0 fully saturated rings. The van der Waals surface area contributed by atoms with Gasteiger partial charge in [-0.2, -0.15) is 0 Å². The quantitative estimate of drug-likeness (QED) is 0.750. The molecule has 0 bridgehead atoms. The first kappa shape index (κ1) is 9.98. The van der Waals surface area contributed by atoms with Gasteiger partial charge in [-0.3, -0.25) is 4.79 Å². The molecule has 0 aromatic carbocycles. The molecule has 4 nitrogen and oxygen atoms in total. The molecule has 0 atom stereocenters. The van der Waals surface area contributed by atoms with E-state index in [9.17, 15) is 13.2 Å². The largest absolute Gasteiger partial charge is 0.325 e. The molecule has 0 aliphatic carbocycles. The highest BCUT2D eigenvalue weighted by Crippen LogP contribution is 2.02. The highest BCUT2D eigenvalue weighted by molar-refractivity contribution is 7.90. The second kappa shape index (κ2) is 3.33. The Balaban J connectivity index is 3.38. The van der Waals surface area contributed by atoms with Crippen LogP contribution in [0.5, 0.6) is 0 Å². The molecule has 0 unspecified atom stereocenters. The number of rotatable bonds is 2. The summed E-state index contributed by atoms with van der Waals surface area (Å²) < 4.78 is 22.1. The highest BCUT2D eigenvalue weighted by atomic mass is 32.2. The van der Waals surface area contributed by atoms with Gasteiger partial charge >= 0.3 is 0 Å². The van der Waals surface area contributed by atoms with Gasteiger partial charge in [0.05, 0.1) is 0 Å². The standard InChI is InChI=1S/C8H11NO3S/c1-3-6-4-5-7(8(10)9-6)13(2,11)12/h4-5H,3H2,1-2H3,(H,9,10). The van der Waals surface area contributed by atoms with Gasteiger partial charge in [-0.15, -0.1) is 0 Å². The Labute approximate surface area is 76.5 Å². The number of hydrogen-bond acceptors (Lipinski definition) is 3. The van der Waals surface area contributed by atoms with Gasteiger partial charge in [0, 0.05) is 11.9 Å². The molecule has 0 aliphatic rings. The van der Waals surface area contributed by atoms with Crippen molar-refractivity contribution >= 4 is 9.84 Å². The van der Waals surface area contributed by atoms with E-state index in [0.29, 0.717) is 6.42 Å². The minimum Gasteiger partial charge on any atom is -0.325 e. The van der Waals surface area contributed by atoms with Crippen molar-refractivity contribution in [1.82, 2.24) is 4.98 Å². The van der Waals surface area contributed by atoms with Gasteiger partial charge in [-0.05, 0) is 18.6 Å². The van der Waals surface area contributed by atoms with Gasteiger partial charge in [-0.25, -0.2) is 8.42 Å². The number of nitrogens with one attached hydrogen (secondary N) is 1. The molecule has 0 amide bonds. The van der Waals surface area contributed by atoms with E-state index in [1.54, 1.807) is 6.07 Å². The molecular weight excluding hydrogens is 190 g/mol. The zero-order valence-electron chi connectivity index (χ0n) is 7.49. The van der Waals surface area contributed by atoms with Gasteiger partial charge in [0.2, 0.25) is 0 Å². The highest BCUT2D eigenvalue weighted by Gasteiger charge is 2.11. The molecule has 1 heterocycles. The Bertz CT molecular complexity index is 459. The molecular formula is C8H11NO3S. The second-order valence-electron chi connectivity index (χ2n) is 2.80. The molecule has 0 aliphatic heterocycles. The fourth-order valence-electron chi connectivity index (χ4n) is 0.999. The van der Waals surface area contributed by atoms with Crippen LogP contribution in [0.1, 0.15) is 12.6 Å². The second-order valence-corrected chi connectivity index (χ2v) is 4.79. The predicted molar refractivity (Wildman–Crippen MR) is 49.6 cm³/mol. The molecule has 13 heavy (non-hydrogen) atoms. The minimum absolute atomic E-state index is 0.176. The van der Waals surface area contributed by atoms with Crippen LogP contribution in [0.25, 0.3) is 0 Å². The van der Waals surface area contributed by atoms with Crippen LogP contribution in [0, 0.1) is 0 Å². The Morgan fingerprint density at radius 3 is 2.38 bits per heavy atom. The van der Waals surface area contributed by atoms with E-state index in [4.69, 9.17) is 0 Å². The van der Waals surface area contributed by atoms with Crippen molar-refractivity contribution in [3.05, 3.63) is 28.2 Å². The lowest BCUT2D eigenvalue weighted by atomic mass is 10.3. The summed E-state index contributed by atoms with van der Waals surface area (Å²) in [6.07, 6.45) is 1.70. The average Bonchev–Trinajstić information content (AvgIpc) is 2.01. The van der Waals surface area contributed by atoms with Crippen molar-refractivity contribution < 1.29 is 8.42 Å². The predicted octanol–water partition coefficient (Wildman–Crippen LogP) is 0.341. The summed E-state index contributed by atoms with van der Waals surface area (Å²) >= 11 is 0. The SMILES string of the molecule is CCc1ccc(S(C)(=O)=O)c(=O)[nH]1. The van der Waals surface area contributed by atoms with E-state index < -0.39 is 15.4 Å². The van der Waals surface area contributed by atoms with Crippen LogP contribution in [-0.4, -0.2) is 19.7 Å². The van der Waals surface area contributed by atoms with E-state index >= 15 is 0 Å². The molecule has 1 N–H and O–H groups in total. The Hall–Kier alpha value is -1.10. The first-order valence-corrected chi connectivity index (χ1v) is 5.76. The van der Waals surface area contributed by atoms with Gasteiger partial charge < -0.3 is 4.98 Å². The monoisotopic (exact) mass is 201 g/mol.